The molecule has 2 aromatic carbocycles. The van der Waals surface area contributed by atoms with Crippen LogP contribution >= 0.6 is 28.1 Å². The van der Waals surface area contributed by atoms with E-state index >= 15 is 0 Å². The minimum Gasteiger partial charge on any atom is -0.490 e. The molecule has 1 heterocycles. The number of benzene rings is 2. The van der Waals surface area contributed by atoms with E-state index in [1.807, 2.05) is 6.92 Å². The van der Waals surface area contributed by atoms with Crippen molar-refractivity contribution >= 4 is 51.2 Å². The minimum atomic E-state index is -0.482. The predicted octanol–water partition coefficient (Wildman–Crippen LogP) is 4.16. The number of carbonyl (C=O) groups excluding carboxylic acids is 2. The predicted molar refractivity (Wildman–Crippen MR) is 122 cm³/mol. The number of halogens is 2. The molecule has 0 atom stereocenters. The average molecular weight is 507 g/mol. The molecule has 0 N–H and O–H groups in total. The van der Waals surface area contributed by atoms with Crippen LogP contribution in [0, 0.1) is 5.82 Å². The van der Waals surface area contributed by atoms with Gasteiger partial charge in [0.25, 0.3) is 11.8 Å². The normalized spacial score (nSPS) is 14.2. The zero-order valence-corrected chi connectivity index (χ0v) is 19.5. The van der Waals surface area contributed by atoms with Crippen molar-refractivity contribution in [3.05, 3.63) is 63.4 Å². The van der Waals surface area contributed by atoms with Crippen molar-refractivity contribution in [3.63, 3.8) is 0 Å². The van der Waals surface area contributed by atoms with Crippen LogP contribution in [0.15, 0.2) is 46.4 Å². The van der Waals surface area contributed by atoms with Gasteiger partial charge in [0.2, 0.25) is 0 Å². The van der Waals surface area contributed by atoms with Gasteiger partial charge in [-0.2, -0.15) is 0 Å². The van der Waals surface area contributed by atoms with E-state index in [1.165, 1.54) is 42.1 Å². The molecule has 0 spiro atoms. The number of nitrogens with zero attached hydrogens (tertiary/aromatic N) is 2. The Bertz CT molecular complexity index is 1060. The van der Waals surface area contributed by atoms with Crippen LogP contribution in [0.25, 0.3) is 6.08 Å². The van der Waals surface area contributed by atoms with Crippen LogP contribution in [-0.4, -0.2) is 47.4 Å². The molecular formula is C22H20BrFN2O4S. The summed E-state index contributed by atoms with van der Waals surface area (Å²) >= 11 is 8.58. The van der Waals surface area contributed by atoms with Gasteiger partial charge in [-0.15, -0.1) is 0 Å². The molecule has 162 valence electrons. The summed E-state index contributed by atoms with van der Waals surface area (Å²) in [5.41, 5.74) is 1.22. The fourth-order valence-corrected chi connectivity index (χ4v) is 3.56. The number of thiocarbonyl (C=S) groups is 1. The molecule has 0 bridgehead atoms. The van der Waals surface area contributed by atoms with Crippen LogP contribution in [0.2, 0.25) is 0 Å². The maximum atomic E-state index is 13.4. The Labute approximate surface area is 193 Å². The van der Waals surface area contributed by atoms with E-state index in [0.29, 0.717) is 33.7 Å². The minimum absolute atomic E-state index is 0.0184. The molecule has 0 aliphatic carbocycles. The van der Waals surface area contributed by atoms with Crippen LogP contribution in [0.5, 0.6) is 11.5 Å². The average Bonchev–Trinajstić information content (AvgIpc) is 2.75. The molecule has 0 radical (unpaired) electrons. The third kappa shape index (κ3) is 4.94. The Kier molecular flexibility index (Phi) is 7.07. The Morgan fingerprint density at radius 1 is 1.06 bits per heavy atom. The smallest absolute Gasteiger partial charge is 0.265 e. The molecular weight excluding hydrogens is 487 g/mol. The lowest BCUT2D eigenvalue weighted by Gasteiger charge is -2.31. The lowest BCUT2D eigenvalue weighted by molar-refractivity contribution is -0.132. The first kappa shape index (κ1) is 22.9. The molecule has 1 fully saturated rings. The second kappa shape index (κ2) is 9.57. The van der Waals surface area contributed by atoms with Gasteiger partial charge < -0.3 is 9.47 Å². The summed E-state index contributed by atoms with van der Waals surface area (Å²) in [7, 11) is 3.04. The van der Waals surface area contributed by atoms with Gasteiger partial charge in [0.15, 0.2) is 16.6 Å². The number of hydrogen-bond donors (Lipinski definition) is 0. The molecule has 1 aliphatic heterocycles. The molecule has 3 rings (SSSR count). The van der Waals surface area contributed by atoms with Gasteiger partial charge in [0, 0.05) is 18.6 Å². The summed E-state index contributed by atoms with van der Waals surface area (Å²) < 4.78 is 25.5. The summed E-state index contributed by atoms with van der Waals surface area (Å²) in [4.78, 5) is 27.7. The zero-order chi connectivity index (χ0) is 22.7. The van der Waals surface area contributed by atoms with Crippen molar-refractivity contribution < 1.29 is 23.5 Å². The maximum Gasteiger partial charge on any atom is 0.265 e. The molecule has 31 heavy (non-hydrogen) atoms. The molecule has 0 saturated carbocycles. The molecule has 1 aliphatic rings. The van der Waals surface area contributed by atoms with Gasteiger partial charge in [0.1, 0.15) is 18.0 Å². The number of hydrogen-bond acceptors (Lipinski definition) is 5. The molecule has 0 aromatic heterocycles. The zero-order valence-electron chi connectivity index (χ0n) is 17.1. The quantitative estimate of drug-likeness (QED) is 0.334. The number of amides is 2. The first-order chi connectivity index (χ1) is 14.7. The molecule has 9 heteroatoms. The van der Waals surface area contributed by atoms with Crippen molar-refractivity contribution in [1.82, 2.24) is 9.80 Å². The third-order valence-electron chi connectivity index (χ3n) is 4.59. The monoisotopic (exact) mass is 506 g/mol. The van der Waals surface area contributed by atoms with E-state index in [-0.39, 0.29) is 23.1 Å². The van der Waals surface area contributed by atoms with Crippen molar-refractivity contribution in [1.29, 1.82) is 0 Å². The highest BCUT2D eigenvalue weighted by molar-refractivity contribution is 9.10. The standard InChI is InChI=1S/C22H20BrFN2O4S/c1-4-29-18-10-14(9-16-20(27)25(2)22(31)26(3)21(16)28)17(23)11-19(18)30-12-13-6-5-7-15(24)8-13/h5-11H,4,12H2,1-3H3. The summed E-state index contributed by atoms with van der Waals surface area (Å²) in [6, 6.07) is 9.49. The Hall–Kier alpha value is -2.78. The third-order valence-corrected chi connectivity index (χ3v) is 5.82. The van der Waals surface area contributed by atoms with Gasteiger partial charge in [0.05, 0.1) is 6.61 Å². The van der Waals surface area contributed by atoms with E-state index in [2.05, 4.69) is 15.9 Å². The highest BCUT2D eigenvalue weighted by Crippen LogP contribution is 2.36. The van der Waals surface area contributed by atoms with Gasteiger partial charge in [-0.25, -0.2) is 4.39 Å². The van der Waals surface area contributed by atoms with E-state index in [0.717, 1.165) is 0 Å². The highest BCUT2D eigenvalue weighted by Gasteiger charge is 2.35. The first-order valence-electron chi connectivity index (χ1n) is 9.38. The van der Waals surface area contributed by atoms with Crippen molar-refractivity contribution in [2.24, 2.45) is 0 Å². The maximum absolute atomic E-state index is 13.4. The van der Waals surface area contributed by atoms with Crippen LogP contribution in [-0.2, 0) is 16.2 Å². The summed E-state index contributed by atoms with van der Waals surface area (Å²) in [5, 5.41) is 0.141. The fourth-order valence-electron chi connectivity index (χ4n) is 2.96. The van der Waals surface area contributed by atoms with E-state index in [1.54, 1.807) is 24.3 Å². The Morgan fingerprint density at radius 2 is 1.71 bits per heavy atom. The van der Waals surface area contributed by atoms with Gasteiger partial charge in [-0.1, -0.05) is 28.1 Å². The van der Waals surface area contributed by atoms with E-state index in [9.17, 15) is 14.0 Å². The van der Waals surface area contributed by atoms with Crippen LogP contribution in [0.4, 0.5) is 4.39 Å². The van der Waals surface area contributed by atoms with Crippen molar-refractivity contribution in [2.75, 3.05) is 20.7 Å². The topological polar surface area (TPSA) is 59.1 Å². The molecule has 2 amide bonds. The summed E-state index contributed by atoms with van der Waals surface area (Å²) in [6.45, 7) is 2.36. The number of ether oxygens (including phenoxy) is 2. The van der Waals surface area contributed by atoms with Crippen LogP contribution < -0.4 is 9.47 Å². The molecule has 6 nitrogen and oxygen atoms in total. The van der Waals surface area contributed by atoms with E-state index < -0.39 is 11.8 Å². The fraction of sp³-hybridized carbons (Fsp3) is 0.227. The van der Waals surface area contributed by atoms with Crippen molar-refractivity contribution in [3.8, 4) is 11.5 Å². The molecule has 1 saturated heterocycles. The van der Waals surface area contributed by atoms with Gasteiger partial charge in [-0.3, -0.25) is 19.4 Å². The first-order valence-corrected chi connectivity index (χ1v) is 10.6. The Morgan fingerprint density at radius 3 is 2.32 bits per heavy atom. The molecule has 2 aromatic rings. The van der Waals surface area contributed by atoms with Crippen LogP contribution in [0.3, 0.4) is 0 Å². The largest absolute Gasteiger partial charge is 0.490 e. The van der Waals surface area contributed by atoms with Gasteiger partial charge >= 0.3 is 0 Å². The number of rotatable bonds is 6. The summed E-state index contributed by atoms with van der Waals surface area (Å²) in [5.74, 6) is -0.432. The SMILES string of the molecule is CCOc1cc(C=C2C(=O)N(C)C(=S)N(C)C2=O)c(Br)cc1OCc1cccc(F)c1. The second-order valence-corrected chi connectivity index (χ2v) is 7.96. The van der Waals surface area contributed by atoms with Crippen molar-refractivity contribution in [2.45, 2.75) is 13.5 Å². The number of carbonyl (C=O) groups is 2. The lowest BCUT2D eigenvalue weighted by atomic mass is 10.1. The summed E-state index contributed by atoms with van der Waals surface area (Å²) in [6.07, 6.45) is 1.49. The van der Waals surface area contributed by atoms with Gasteiger partial charge in [-0.05, 0) is 60.6 Å². The lowest BCUT2D eigenvalue weighted by Crippen LogP contribution is -2.52. The Balaban J connectivity index is 1.94. The number of likely N-dealkylation sites (N-methyl/N-ethyl adjacent to an activating group) is 2. The molecule has 0 unspecified atom stereocenters. The second-order valence-electron chi connectivity index (χ2n) is 6.74. The van der Waals surface area contributed by atoms with E-state index in [4.69, 9.17) is 21.7 Å². The van der Waals surface area contributed by atoms with Crippen LogP contribution in [0.1, 0.15) is 18.1 Å². The highest BCUT2D eigenvalue weighted by atomic mass is 79.9.